The lowest BCUT2D eigenvalue weighted by Crippen LogP contribution is -2.35. The number of fused-ring (bicyclic) bond motifs is 3. The van der Waals surface area contributed by atoms with Crippen LogP contribution >= 0.6 is 0 Å². The largest absolute Gasteiger partial charge is 0.489 e. The Kier molecular flexibility index (Phi) is 5.65. The van der Waals surface area contributed by atoms with Crippen molar-refractivity contribution in [3.8, 4) is 5.75 Å². The quantitative estimate of drug-likeness (QED) is 0.750. The Bertz CT molecular complexity index is 719. The van der Waals surface area contributed by atoms with Crippen molar-refractivity contribution in [1.29, 1.82) is 0 Å². The standard InChI is InChI=1S/C21H28N4O/c1-2-6-19-16(5-1)7-8-17-9-10-18(26-20(17)19)15-22-11-3-12-23-21-24-13-4-14-25-21/h4,7-8,13-14,18,22H,1-3,5-6,9-12,15H2,(H,23,24,25). The van der Waals surface area contributed by atoms with Crippen molar-refractivity contribution >= 4 is 5.95 Å². The number of rotatable bonds is 7. The monoisotopic (exact) mass is 352 g/mol. The number of hydrogen-bond acceptors (Lipinski definition) is 5. The van der Waals surface area contributed by atoms with E-state index in [1.54, 1.807) is 12.4 Å². The Balaban J connectivity index is 1.21. The van der Waals surface area contributed by atoms with E-state index in [9.17, 15) is 0 Å². The van der Waals surface area contributed by atoms with Crippen molar-refractivity contribution in [2.24, 2.45) is 0 Å². The fraction of sp³-hybridized carbons (Fsp3) is 0.524. The third kappa shape index (κ3) is 4.15. The molecule has 4 rings (SSSR count). The molecule has 0 saturated carbocycles. The summed E-state index contributed by atoms with van der Waals surface area (Å²) in [6.07, 6.45) is 12.1. The summed E-state index contributed by atoms with van der Waals surface area (Å²) >= 11 is 0. The van der Waals surface area contributed by atoms with E-state index in [2.05, 4.69) is 32.7 Å². The summed E-state index contributed by atoms with van der Waals surface area (Å²) in [6.45, 7) is 2.77. The maximum atomic E-state index is 6.41. The first kappa shape index (κ1) is 17.3. The Hall–Kier alpha value is -2.14. The summed E-state index contributed by atoms with van der Waals surface area (Å²) < 4.78 is 6.41. The molecule has 0 fully saturated rings. The van der Waals surface area contributed by atoms with Gasteiger partial charge < -0.3 is 15.4 Å². The summed E-state index contributed by atoms with van der Waals surface area (Å²) in [5.41, 5.74) is 4.41. The van der Waals surface area contributed by atoms with E-state index < -0.39 is 0 Å². The normalized spacial score (nSPS) is 18.5. The number of anilines is 1. The molecule has 0 amide bonds. The predicted molar refractivity (Wildman–Crippen MR) is 104 cm³/mol. The van der Waals surface area contributed by atoms with Crippen LogP contribution in [0.25, 0.3) is 0 Å². The molecule has 0 spiro atoms. The van der Waals surface area contributed by atoms with Crippen LogP contribution in [0.4, 0.5) is 5.95 Å². The first-order chi connectivity index (χ1) is 12.9. The second-order valence-corrected chi connectivity index (χ2v) is 7.23. The Labute approximate surface area is 155 Å². The molecule has 2 aliphatic rings. The second-order valence-electron chi connectivity index (χ2n) is 7.23. The molecule has 1 unspecified atom stereocenters. The lowest BCUT2D eigenvalue weighted by molar-refractivity contribution is 0.168. The van der Waals surface area contributed by atoms with Gasteiger partial charge in [0.05, 0.1) is 0 Å². The fourth-order valence-electron chi connectivity index (χ4n) is 3.94. The number of benzene rings is 1. The maximum absolute atomic E-state index is 6.41. The molecule has 1 aromatic heterocycles. The van der Waals surface area contributed by atoms with Crippen molar-refractivity contribution < 1.29 is 4.74 Å². The van der Waals surface area contributed by atoms with Crippen LogP contribution in [0.2, 0.25) is 0 Å². The lowest BCUT2D eigenvalue weighted by Gasteiger charge is -2.30. The highest BCUT2D eigenvalue weighted by atomic mass is 16.5. The Morgan fingerprint density at radius 3 is 2.77 bits per heavy atom. The summed E-state index contributed by atoms with van der Waals surface area (Å²) in [7, 11) is 0. The van der Waals surface area contributed by atoms with Gasteiger partial charge in [0.25, 0.3) is 0 Å². The molecular weight excluding hydrogens is 324 g/mol. The molecule has 26 heavy (non-hydrogen) atoms. The van der Waals surface area contributed by atoms with Crippen LogP contribution in [-0.4, -0.2) is 35.7 Å². The van der Waals surface area contributed by atoms with Crippen LogP contribution in [0.1, 0.15) is 42.4 Å². The molecule has 1 aliphatic carbocycles. The van der Waals surface area contributed by atoms with Gasteiger partial charge in [-0.15, -0.1) is 0 Å². The van der Waals surface area contributed by atoms with Gasteiger partial charge in [0.15, 0.2) is 0 Å². The Morgan fingerprint density at radius 1 is 1.00 bits per heavy atom. The third-order valence-corrected chi connectivity index (χ3v) is 5.33. The summed E-state index contributed by atoms with van der Waals surface area (Å²) in [5, 5.41) is 6.78. The number of aromatic nitrogens is 2. The van der Waals surface area contributed by atoms with Crippen LogP contribution in [0.15, 0.2) is 30.6 Å². The molecule has 2 aromatic rings. The smallest absolute Gasteiger partial charge is 0.222 e. The van der Waals surface area contributed by atoms with Crippen LogP contribution < -0.4 is 15.4 Å². The highest BCUT2D eigenvalue weighted by molar-refractivity contribution is 5.48. The minimum atomic E-state index is 0.293. The molecule has 0 bridgehead atoms. The number of nitrogens with one attached hydrogen (secondary N) is 2. The molecule has 0 saturated heterocycles. The average Bonchev–Trinajstić information content (AvgIpc) is 2.71. The molecular formula is C21H28N4O. The first-order valence-electron chi connectivity index (χ1n) is 9.92. The highest BCUT2D eigenvalue weighted by Gasteiger charge is 2.24. The van der Waals surface area contributed by atoms with E-state index in [-0.39, 0.29) is 0 Å². The van der Waals surface area contributed by atoms with Crippen LogP contribution in [-0.2, 0) is 19.3 Å². The van der Waals surface area contributed by atoms with Gasteiger partial charge in [0.2, 0.25) is 5.95 Å². The second kappa shape index (κ2) is 8.49. The van der Waals surface area contributed by atoms with E-state index in [0.29, 0.717) is 12.1 Å². The molecule has 5 heteroatoms. The van der Waals surface area contributed by atoms with Gasteiger partial charge in [-0.25, -0.2) is 9.97 Å². The fourth-order valence-corrected chi connectivity index (χ4v) is 3.94. The number of hydrogen-bond donors (Lipinski definition) is 2. The number of aryl methyl sites for hydroxylation is 2. The predicted octanol–water partition coefficient (Wildman–Crippen LogP) is 3.14. The lowest BCUT2D eigenvalue weighted by atomic mass is 9.87. The minimum absolute atomic E-state index is 0.293. The van der Waals surface area contributed by atoms with Gasteiger partial charge >= 0.3 is 0 Å². The van der Waals surface area contributed by atoms with Crippen molar-refractivity contribution in [2.45, 2.75) is 51.0 Å². The average molecular weight is 352 g/mol. The van der Waals surface area contributed by atoms with Crippen molar-refractivity contribution in [3.05, 3.63) is 47.3 Å². The van der Waals surface area contributed by atoms with Gasteiger partial charge in [-0.2, -0.15) is 0 Å². The van der Waals surface area contributed by atoms with Gasteiger partial charge in [0, 0.05) is 25.5 Å². The summed E-state index contributed by atoms with van der Waals surface area (Å²) in [5.74, 6) is 1.91. The van der Waals surface area contributed by atoms with Crippen molar-refractivity contribution in [1.82, 2.24) is 15.3 Å². The van der Waals surface area contributed by atoms with E-state index in [1.807, 2.05) is 6.07 Å². The molecule has 0 radical (unpaired) electrons. The van der Waals surface area contributed by atoms with Crippen LogP contribution in [0.3, 0.4) is 0 Å². The van der Waals surface area contributed by atoms with Crippen LogP contribution in [0.5, 0.6) is 5.75 Å². The van der Waals surface area contributed by atoms with Gasteiger partial charge in [0.1, 0.15) is 11.9 Å². The molecule has 1 aliphatic heterocycles. The minimum Gasteiger partial charge on any atom is -0.489 e. The van der Waals surface area contributed by atoms with E-state index in [0.717, 1.165) is 38.9 Å². The molecule has 5 nitrogen and oxygen atoms in total. The Morgan fingerprint density at radius 2 is 1.85 bits per heavy atom. The van der Waals surface area contributed by atoms with Gasteiger partial charge in [-0.3, -0.25) is 0 Å². The van der Waals surface area contributed by atoms with E-state index in [4.69, 9.17) is 4.74 Å². The molecule has 1 aromatic carbocycles. The summed E-state index contributed by atoms with van der Waals surface area (Å²) in [4.78, 5) is 8.33. The van der Waals surface area contributed by atoms with Crippen LogP contribution in [0, 0.1) is 0 Å². The zero-order valence-electron chi connectivity index (χ0n) is 15.3. The first-order valence-corrected chi connectivity index (χ1v) is 9.92. The number of nitrogens with zero attached hydrogens (tertiary/aromatic N) is 2. The van der Waals surface area contributed by atoms with Gasteiger partial charge in [-0.05, 0) is 74.2 Å². The highest BCUT2D eigenvalue weighted by Crippen LogP contribution is 2.37. The van der Waals surface area contributed by atoms with Gasteiger partial charge in [-0.1, -0.05) is 12.1 Å². The number of ether oxygens (including phenoxy) is 1. The topological polar surface area (TPSA) is 59.1 Å². The van der Waals surface area contributed by atoms with E-state index >= 15 is 0 Å². The molecule has 138 valence electrons. The molecule has 2 N–H and O–H groups in total. The maximum Gasteiger partial charge on any atom is 0.222 e. The SMILES string of the molecule is c1cnc(NCCCNCC2CCc3ccc4c(c3O2)CCCC4)nc1. The molecule has 1 atom stereocenters. The molecule has 2 heterocycles. The third-order valence-electron chi connectivity index (χ3n) is 5.33. The zero-order chi connectivity index (χ0) is 17.6. The summed E-state index contributed by atoms with van der Waals surface area (Å²) in [6, 6.07) is 6.45. The van der Waals surface area contributed by atoms with Crippen molar-refractivity contribution in [3.63, 3.8) is 0 Å². The van der Waals surface area contributed by atoms with Crippen molar-refractivity contribution in [2.75, 3.05) is 25.0 Å². The zero-order valence-corrected chi connectivity index (χ0v) is 15.3. The van der Waals surface area contributed by atoms with E-state index in [1.165, 1.54) is 48.1 Å².